The van der Waals surface area contributed by atoms with Gasteiger partial charge in [-0.1, -0.05) is 40.7 Å². The zero-order chi connectivity index (χ0) is 24.5. The third-order valence-electron chi connectivity index (χ3n) is 6.02. The Kier molecular flexibility index (Phi) is 7.33. The Labute approximate surface area is 195 Å². The Morgan fingerprint density at radius 1 is 1.30 bits per heavy atom. The predicted molar refractivity (Wildman–Crippen MR) is 127 cm³/mol. The van der Waals surface area contributed by atoms with E-state index in [1.807, 2.05) is 59.9 Å². The van der Waals surface area contributed by atoms with Crippen molar-refractivity contribution in [3.05, 3.63) is 23.8 Å². The third kappa shape index (κ3) is 5.47. The van der Waals surface area contributed by atoms with E-state index in [1.165, 1.54) is 4.90 Å². The lowest BCUT2D eigenvalue weighted by atomic mass is 9.85. The molecule has 182 valence electrons. The van der Waals surface area contributed by atoms with Gasteiger partial charge in [-0.15, -0.1) is 5.10 Å². The number of β-amino-alcohol motifs (C(OH)–C–C–N with tert-alkyl or cyclic N) is 1. The van der Waals surface area contributed by atoms with Crippen LogP contribution in [0.1, 0.15) is 46.6 Å². The topological polar surface area (TPSA) is 109 Å². The lowest BCUT2D eigenvalue weighted by Crippen LogP contribution is -2.57. The van der Waals surface area contributed by atoms with Gasteiger partial charge in [0.05, 0.1) is 30.2 Å². The van der Waals surface area contributed by atoms with Gasteiger partial charge in [0.15, 0.2) is 0 Å². The minimum atomic E-state index is -0.722. The maximum Gasteiger partial charge on any atom is 0.243 e. The average molecular weight is 460 g/mol. The molecule has 2 amide bonds. The van der Waals surface area contributed by atoms with Crippen LogP contribution in [0.25, 0.3) is 10.9 Å². The van der Waals surface area contributed by atoms with Gasteiger partial charge in [0, 0.05) is 32.6 Å². The van der Waals surface area contributed by atoms with Crippen LogP contribution in [-0.4, -0.2) is 69.5 Å². The van der Waals surface area contributed by atoms with E-state index >= 15 is 0 Å². The molecule has 3 atom stereocenters. The average Bonchev–Trinajstić information content (AvgIpc) is 3.28. The number of nitrogens with zero attached hydrogens (tertiary/aromatic N) is 3. The number of nitrogens with one attached hydrogen (secondary N) is 2. The van der Waals surface area contributed by atoms with Crippen LogP contribution in [0.15, 0.2) is 18.2 Å². The molecule has 2 aromatic rings. The normalized spacial score (nSPS) is 19.8. The molecule has 0 aliphatic carbocycles. The number of benzene rings is 1. The number of aliphatic hydroxyl groups is 1. The molecule has 3 rings (SSSR count). The maximum absolute atomic E-state index is 13.4. The first-order chi connectivity index (χ1) is 15.4. The number of aromatic nitrogens is 2. The number of rotatable bonds is 7. The number of aliphatic hydroxyl groups excluding tert-OH is 1. The number of ether oxygens (including phenoxy) is 1. The van der Waals surface area contributed by atoms with Crippen molar-refractivity contribution >= 4 is 22.7 Å². The molecule has 1 aliphatic rings. The summed E-state index contributed by atoms with van der Waals surface area (Å²) in [6, 6.07) is 4.75. The minimum absolute atomic E-state index is 0.109. The molecular formula is C24H37N5O4. The fraction of sp³-hybridized carbons (Fsp3) is 0.625. The Morgan fingerprint density at radius 3 is 2.61 bits per heavy atom. The number of hydrogen-bond donors (Lipinski definition) is 3. The fourth-order valence-electron chi connectivity index (χ4n) is 4.35. The second-order valence-corrected chi connectivity index (χ2v) is 10.2. The van der Waals surface area contributed by atoms with Gasteiger partial charge in [-0.3, -0.25) is 14.3 Å². The summed E-state index contributed by atoms with van der Waals surface area (Å²) in [5.41, 5.74) is 1.49. The van der Waals surface area contributed by atoms with E-state index in [9.17, 15) is 14.7 Å². The Balaban J connectivity index is 1.74. The number of carbonyl (C=O) groups excluding carboxylic acids is 2. The Bertz CT molecular complexity index is 1010. The number of likely N-dealkylation sites (tertiary alicyclic amines) is 1. The molecule has 33 heavy (non-hydrogen) atoms. The molecule has 3 N–H and O–H groups in total. The van der Waals surface area contributed by atoms with Crippen LogP contribution in [-0.2, 0) is 23.2 Å². The Hall–Kier alpha value is -2.65. The van der Waals surface area contributed by atoms with Gasteiger partial charge in [-0.2, -0.15) is 0 Å². The predicted octanol–water partition coefficient (Wildman–Crippen LogP) is 1.57. The van der Waals surface area contributed by atoms with Gasteiger partial charge in [0.25, 0.3) is 0 Å². The summed E-state index contributed by atoms with van der Waals surface area (Å²) in [6.45, 7) is 10.4. The SMILES string of the molecule is COc1nn(C)c2ccc(CNC(=O)[C@@H]3C[C@@H](O)CN3C(=O)[C@@H](NC(C)C)C(C)(C)C)cc12. The quantitative estimate of drug-likeness (QED) is 0.580. The van der Waals surface area contributed by atoms with Crippen molar-refractivity contribution in [2.45, 2.75) is 71.8 Å². The monoisotopic (exact) mass is 459 g/mol. The standard InChI is InChI=1S/C24H37N5O4/c1-14(2)26-20(24(3,4)5)23(32)29-13-16(30)11-19(29)21(31)25-12-15-8-9-18-17(10-15)22(33-7)27-28(18)6/h8-10,14,16,19-20,26,30H,11-13H2,1-7H3,(H,25,31)/t16-,19+,20-/m1/s1. The van der Waals surface area contributed by atoms with E-state index in [-0.39, 0.29) is 36.2 Å². The summed E-state index contributed by atoms with van der Waals surface area (Å²) in [7, 11) is 3.43. The molecule has 2 heterocycles. The molecule has 0 radical (unpaired) electrons. The summed E-state index contributed by atoms with van der Waals surface area (Å²) >= 11 is 0. The summed E-state index contributed by atoms with van der Waals surface area (Å²) in [6.07, 6.45) is -0.494. The Morgan fingerprint density at radius 2 is 2.00 bits per heavy atom. The van der Waals surface area contributed by atoms with E-state index in [0.717, 1.165) is 16.5 Å². The number of methoxy groups -OCH3 is 1. The lowest BCUT2D eigenvalue weighted by molar-refractivity contribution is -0.142. The molecule has 0 unspecified atom stereocenters. The summed E-state index contributed by atoms with van der Waals surface area (Å²) < 4.78 is 7.09. The molecule has 1 aromatic carbocycles. The van der Waals surface area contributed by atoms with Crippen molar-refractivity contribution in [2.75, 3.05) is 13.7 Å². The van der Waals surface area contributed by atoms with Crippen LogP contribution < -0.4 is 15.4 Å². The first-order valence-corrected chi connectivity index (χ1v) is 11.4. The highest BCUT2D eigenvalue weighted by atomic mass is 16.5. The number of amides is 2. The highest BCUT2D eigenvalue weighted by molar-refractivity contribution is 5.91. The highest BCUT2D eigenvalue weighted by Gasteiger charge is 2.43. The van der Waals surface area contributed by atoms with Gasteiger partial charge < -0.3 is 25.4 Å². The number of carbonyl (C=O) groups is 2. The zero-order valence-electron chi connectivity index (χ0n) is 20.7. The van der Waals surface area contributed by atoms with E-state index < -0.39 is 18.2 Å². The summed E-state index contributed by atoms with van der Waals surface area (Å²) in [4.78, 5) is 28.0. The highest BCUT2D eigenvalue weighted by Crippen LogP contribution is 2.27. The third-order valence-corrected chi connectivity index (χ3v) is 6.02. The van der Waals surface area contributed by atoms with Crippen molar-refractivity contribution in [1.82, 2.24) is 25.3 Å². The summed E-state index contributed by atoms with van der Waals surface area (Å²) in [5.74, 6) is 0.104. The van der Waals surface area contributed by atoms with E-state index in [2.05, 4.69) is 15.7 Å². The minimum Gasteiger partial charge on any atom is -0.479 e. The van der Waals surface area contributed by atoms with Crippen molar-refractivity contribution in [3.8, 4) is 5.88 Å². The van der Waals surface area contributed by atoms with Gasteiger partial charge in [0.2, 0.25) is 17.7 Å². The van der Waals surface area contributed by atoms with Crippen molar-refractivity contribution in [2.24, 2.45) is 12.5 Å². The molecule has 1 aliphatic heterocycles. The molecule has 0 spiro atoms. The molecule has 1 aromatic heterocycles. The number of fused-ring (bicyclic) bond motifs is 1. The van der Waals surface area contributed by atoms with Crippen molar-refractivity contribution in [1.29, 1.82) is 0 Å². The van der Waals surface area contributed by atoms with Crippen LogP contribution in [0.5, 0.6) is 5.88 Å². The van der Waals surface area contributed by atoms with Crippen LogP contribution in [0.2, 0.25) is 0 Å². The molecule has 1 saturated heterocycles. The van der Waals surface area contributed by atoms with Crippen LogP contribution in [0.4, 0.5) is 0 Å². The second-order valence-electron chi connectivity index (χ2n) is 10.2. The largest absolute Gasteiger partial charge is 0.479 e. The van der Waals surface area contributed by atoms with Gasteiger partial charge in [0.1, 0.15) is 6.04 Å². The molecular weight excluding hydrogens is 422 g/mol. The first kappa shape index (κ1) is 25.0. The van der Waals surface area contributed by atoms with E-state index in [1.54, 1.807) is 11.8 Å². The number of hydrogen-bond acceptors (Lipinski definition) is 6. The van der Waals surface area contributed by atoms with Crippen molar-refractivity contribution in [3.63, 3.8) is 0 Å². The van der Waals surface area contributed by atoms with Gasteiger partial charge in [-0.25, -0.2) is 0 Å². The van der Waals surface area contributed by atoms with Crippen LogP contribution >= 0.6 is 0 Å². The maximum atomic E-state index is 13.4. The number of aryl methyl sites for hydroxylation is 1. The van der Waals surface area contributed by atoms with E-state index in [0.29, 0.717) is 12.4 Å². The van der Waals surface area contributed by atoms with Crippen molar-refractivity contribution < 1.29 is 19.4 Å². The first-order valence-electron chi connectivity index (χ1n) is 11.4. The lowest BCUT2D eigenvalue weighted by Gasteiger charge is -2.36. The molecule has 0 saturated carbocycles. The van der Waals surface area contributed by atoms with Gasteiger partial charge >= 0.3 is 0 Å². The molecule has 9 heteroatoms. The summed E-state index contributed by atoms with van der Waals surface area (Å²) in [5, 5.41) is 21.8. The fourth-order valence-corrected chi connectivity index (χ4v) is 4.35. The van der Waals surface area contributed by atoms with Gasteiger partial charge in [-0.05, 0) is 23.1 Å². The smallest absolute Gasteiger partial charge is 0.243 e. The second kappa shape index (κ2) is 9.69. The zero-order valence-corrected chi connectivity index (χ0v) is 20.7. The van der Waals surface area contributed by atoms with Crippen LogP contribution in [0, 0.1) is 5.41 Å². The molecule has 9 nitrogen and oxygen atoms in total. The van der Waals surface area contributed by atoms with Crippen LogP contribution in [0.3, 0.4) is 0 Å². The molecule has 0 bridgehead atoms. The van der Waals surface area contributed by atoms with E-state index in [4.69, 9.17) is 4.74 Å². The molecule has 1 fully saturated rings.